The van der Waals surface area contributed by atoms with E-state index < -0.39 is 0 Å². The van der Waals surface area contributed by atoms with Gasteiger partial charge in [-0.25, -0.2) is 4.99 Å². The summed E-state index contributed by atoms with van der Waals surface area (Å²) in [6.45, 7) is 15.5. The van der Waals surface area contributed by atoms with Crippen molar-refractivity contribution in [1.29, 1.82) is 0 Å². The third-order valence-electron chi connectivity index (χ3n) is 6.08. The second kappa shape index (κ2) is 9.81. The summed E-state index contributed by atoms with van der Waals surface area (Å²) in [6, 6.07) is 11.8. The van der Waals surface area contributed by atoms with Crippen molar-refractivity contribution in [2.75, 3.05) is 5.32 Å². The van der Waals surface area contributed by atoms with Crippen LogP contribution >= 0.6 is 0 Å². The van der Waals surface area contributed by atoms with E-state index >= 15 is 0 Å². The van der Waals surface area contributed by atoms with Gasteiger partial charge in [0, 0.05) is 29.1 Å². The Labute approximate surface area is 190 Å². The number of nitrogens with one attached hydrogen (secondary N) is 2. The van der Waals surface area contributed by atoms with Crippen LogP contribution in [0.5, 0.6) is 0 Å². The number of carbonyl (C=O) groups is 1. The molecule has 1 aromatic heterocycles. The van der Waals surface area contributed by atoms with E-state index in [1.54, 1.807) is 0 Å². The topological polar surface area (TPSA) is 71.3 Å². The van der Waals surface area contributed by atoms with Crippen LogP contribution < -0.4 is 10.6 Å². The number of rotatable bonds is 5. The van der Waals surface area contributed by atoms with Crippen LogP contribution in [0, 0.1) is 41.5 Å². The van der Waals surface area contributed by atoms with Gasteiger partial charge in [-0.3, -0.25) is 14.8 Å². The fraction of sp³-hybridized carbons (Fsp3) is 0.346. The molecule has 168 valence electrons. The Kier molecular flexibility index (Phi) is 7.13. The summed E-state index contributed by atoms with van der Waals surface area (Å²) in [5, 5.41) is 10.9. The Hall–Kier alpha value is -3.41. The first-order chi connectivity index (χ1) is 15.2. The fourth-order valence-corrected chi connectivity index (χ4v) is 3.62. The van der Waals surface area contributed by atoms with Gasteiger partial charge in [0.05, 0.1) is 12.2 Å². The molecule has 0 spiro atoms. The molecule has 0 aliphatic rings. The highest BCUT2D eigenvalue weighted by molar-refractivity contribution is 6.10. The Morgan fingerprint density at radius 2 is 1.75 bits per heavy atom. The molecule has 0 aliphatic carbocycles. The lowest BCUT2D eigenvalue weighted by Crippen LogP contribution is -2.36. The average Bonchev–Trinajstić information content (AvgIpc) is 3.04. The van der Waals surface area contributed by atoms with E-state index in [2.05, 4.69) is 49.5 Å². The zero-order valence-electron chi connectivity index (χ0n) is 20.1. The Morgan fingerprint density at radius 1 is 1.00 bits per heavy atom. The van der Waals surface area contributed by atoms with Gasteiger partial charge in [-0.15, -0.1) is 0 Å². The number of guanidine groups is 1. The number of benzene rings is 2. The van der Waals surface area contributed by atoms with Gasteiger partial charge < -0.3 is 5.32 Å². The molecule has 2 aromatic carbocycles. The van der Waals surface area contributed by atoms with Crippen LogP contribution in [0.3, 0.4) is 0 Å². The molecule has 0 bridgehead atoms. The van der Waals surface area contributed by atoms with Crippen LogP contribution in [0.4, 0.5) is 5.69 Å². The highest BCUT2D eigenvalue weighted by atomic mass is 16.1. The maximum atomic E-state index is 13.0. The average molecular weight is 432 g/mol. The maximum Gasteiger partial charge on any atom is 0.257 e. The van der Waals surface area contributed by atoms with Gasteiger partial charge in [-0.05, 0) is 88.9 Å². The van der Waals surface area contributed by atoms with Crippen LogP contribution in [-0.2, 0) is 13.1 Å². The zero-order chi connectivity index (χ0) is 23.4. The summed E-state index contributed by atoms with van der Waals surface area (Å²) in [5.74, 6) is 0.229. The summed E-state index contributed by atoms with van der Waals surface area (Å²) in [7, 11) is 0. The number of nitrogens with zero attached hydrogens (tertiary/aromatic N) is 3. The number of amides is 1. The SMILES string of the molecule is CCn1nc(C)c(CN=C(NC(=O)c2ccc(C)c(C)c2)Nc2cccc(C)c2C)c1C. The number of carbonyl (C=O) groups excluding carboxylic acids is 1. The van der Waals surface area contributed by atoms with Crippen LogP contribution in [0.2, 0.25) is 0 Å². The van der Waals surface area contributed by atoms with Crippen molar-refractivity contribution >= 4 is 17.6 Å². The van der Waals surface area contributed by atoms with E-state index in [-0.39, 0.29) is 5.91 Å². The maximum absolute atomic E-state index is 13.0. The molecule has 0 saturated carbocycles. The highest BCUT2D eigenvalue weighted by Gasteiger charge is 2.14. The van der Waals surface area contributed by atoms with E-state index in [4.69, 9.17) is 4.99 Å². The molecule has 0 aliphatic heterocycles. The van der Waals surface area contributed by atoms with Crippen molar-refractivity contribution in [1.82, 2.24) is 15.1 Å². The smallest absolute Gasteiger partial charge is 0.257 e. The van der Waals surface area contributed by atoms with Crippen molar-refractivity contribution in [3.8, 4) is 0 Å². The summed E-state index contributed by atoms with van der Waals surface area (Å²) in [4.78, 5) is 17.8. The summed E-state index contributed by atoms with van der Waals surface area (Å²) >= 11 is 0. The molecule has 0 fully saturated rings. The van der Waals surface area contributed by atoms with Crippen molar-refractivity contribution in [3.05, 3.63) is 81.2 Å². The number of hydrogen-bond donors (Lipinski definition) is 2. The minimum atomic E-state index is -0.192. The minimum Gasteiger partial charge on any atom is -0.326 e. The molecule has 0 unspecified atom stereocenters. The number of aromatic nitrogens is 2. The second-order valence-corrected chi connectivity index (χ2v) is 8.26. The molecule has 0 radical (unpaired) electrons. The molecule has 0 saturated heterocycles. The molecule has 3 aromatic rings. The van der Waals surface area contributed by atoms with Crippen LogP contribution in [0.25, 0.3) is 0 Å². The Balaban J connectivity index is 1.92. The van der Waals surface area contributed by atoms with E-state index in [1.165, 1.54) is 5.56 Å². The predicted molar refractivity (Wildman–Crippen MR) is 131 cm³/mol. The molecular formula is C26H33N5O. The lowest BCUT2D eigenvalue weighted by Gasteiger charge is -2.15. The molecular weight excluding hydrogens is 398 g/mol. The monoisotopic (exact) mass is 431 g/mol. The van der Waals surface area contributed by atoms with Crippen molar-refractivity contribution in [2.24, 2.45) is 4.99 Å². The highest BCUT2D eigenvalue weighted by Crippen LogP contribution is 2.19. The lowest BCUT2D eigenvalue weighted by atomic mass is 10.1. The van der Waals surface area contributed by atoms with Crippen molar-refractivity contribution in [2.45, 2.75) is 61.6 Å². The predicted octanol–water partition coefficient (Wildman–Crippen LogP) is 5.15. The van der Waals surface area contributed by atoms with E-state index in [0.717, 1.165) is 45.9 Å². The van der Waals surface area contributed by atoms with E-state index in [0.29, 0.717) is 18.1 Å². The fourth-order valence-electron chi connectivity index (χ4n) is 3.62. The van der Waals surface area contributed by atoms with Gasteiger partial charge >= 0.3 is 0 Å². The zero-order valence-corrected chi connectivity index (χ0v) is 20.1. The number of hydrogen-bond acceptors (Lipinski definition) is 3. The van der Waals surface area contributed by atoms with Gasteiger partial charge in [0.15, 0.2) is 0 Å². The summed E-state index contributed by atoms with van der Waals surface area (Å²) in [6.07, 6.45) is 0. The van der Waals surface area contributed by atoms with Crippen LogP contribution in [-0.4, -0.2) is 21.6 Å². The molecule has 6 heteroatoms. The molecule has 0 atom stereocenters. The molecule has 6 nitrogen and oxygen atoms in total. The first-order valence-corrected chi connectivity index (χ1v) is 11.0. The van der Waals surface area contributed by atoms with E-state index in [9.17, 15) is 4.79 Å². The first-order valence-electron chi connectivity index (χ1n) is 11.0. The quantitative estimate of drug-likeness (QED) is 0.433. The molecule has 3 rings (SSSR count). The lowest BCUT2D eigenvalue weighted by molar-refractivity contribution is 0.0977. The standard InChI is InChI=1S/C26H33N5O/c1-8-31-21(7)23(20(6)30-31)15-27-26(28-24-11-9-10-17(3)19(24)5)29-25(32)22-13-12-16(2)18(4)14-22/h9-14H,8,15H2,1-7H3,(H2,27,28,29,32). The third-order valence-corrected chi connectivity index (χ3v) is 6.08. The van der Waals surface area contributed by atoms with Gasteiger partial charge in [0.1, 0.15) is 0 Å². The summed E-state index contributed by atoms with van der Waals surface area (Å²) in [5.41, 5.74) is 9.18. The number of anilines is 1. The Bertz CT molecular complexity index is 1170. The minimum absolute atomic E-state index is 0.192. The van der Waals surface area contributed by atoms with Gasteiger partial charge in [0.2, 0.25) is 5.96 Å². The molecule has 2 N–H and O–H groups in total. The van der Waals surface area contributed by atoms with Crippen LogP contribution in [0.1, 0.15) is 56.5 Å². The molecule has 32 heavy (non-hydrogen) atoms. The van der Waals surface area contributed by atoms with Gasteiger partial charge in [-0.2, -0.15) is 5.10 Å². The third kappa shape index (κ3) is 5.07. The number of aryl methyl sites for hydroxylation is 5. The normalized spacial score (nSPS) is 11.5. The number of aliphatic imine (C=N–C) groups is 1. The molecule has 1 amide bonds. The van der Waals surface area contributed by atoms with Crippen molar-refractivity contribution < 1.29 is 4.79 Å². The van der Waals surface area contributed by atoms with Crippen LogP contribution in [0.15, 0.2) is 41.4 Å². The Morgan fingerprint density at radius 3 is 2.41 bits per heavy atom. The van der Waals surface area contributed by atoms with Gasteiger partial charge in [-0.1, -0.05) is 18.2 Å². The van der Waals surface area contributed by atoms with Crippen molar-refractivity contribution in [3.63, 3.8) is 0 Å². The van der Waals surface area contributed by atoms with E-state index in [1.807, 2.05) is 55.8 Å². The van der Waals surface area contributed by atoms with Gasteiger partial charge in [0.25, 0.3) is 5.91 Å². The molecule has 1 heterocycles. The summed E-state index contributed by atoms with van der Waals surface area (Å²) < 4.78 is 1.98. The second-order valence-electron chi connectivity index (χ2n) is 8.26. The first kappa shape index (κ1) is 23.3. The largest absolute Gasteiger partial charge is 0.326 e.